The van der Waals surface area contributed by atoms with Gasteiger partial charge in [0.15, 0.2) is 9.84 Å². The molecule has 1 atom stereocenters. The lowest BCUT2D eigenvalue weighted by Crippen LogP contribution is -2.43. The summed E-state index contributed by atoms with van der Waals surface area (Å²) in [7, 11) is -3.04. The maximum atomic E-state index is 12.9. The van der Waals surface area contributed by atoms with E-state index >= 15 is 0 Å². The number of hydrogen-bond donors (Lipinski definition) is 1. The van der Waals surface area contributed by atoms with E-state index in [0.29, 0.717) is 19.5 Å². The SMILES string of the molecule is CCN(CC(=O)NC1CCS(=O)(=O)C1)c1nc(CN2CCOCC2)nc2sc3c(c12)CCCC3. The molecule has 0 spiro atoms. The first-order chi connectivity index (χ1) is 16.4. The number of aryl methyl sites for hydroxylation is 2. The van der Waals surface area contributed by atoms with Crippen molar-refractivity contribution in [1.29, 1.82) is 0 Å². The fraction of sp³-hybridized carbons (Fsp3) is 0.696. The van der Waals surface area contributed by atoms with Gasteiger partial charge >= 0.3 is 0 Å². The second-order valence-electron chi connectivity index (χ2n) is 9.42. The van der Waals surface area contributed by atoms with Crippen LogP contribution < -0.4 is 10.2 Å². The van der Waals surface area contributed by atoms with Gasteiger partial charge in [0.05, 0.1) is 43.2 Å². The molecule has 0 radical (unpaired) electrons. The summed E-state index contributed by atoms with van der Waals surface area (Å²) in [5, 5.41) is 4.03. The molecule has 2 aliphatic heterocycles. The highest BCUT2D eigenvalue weighted by Gasteiger charge is 2.30. The Balaban J connectivity index is 1.43. The Kier molecular flexibility index (Phi) is 7.06. The predicted molar refractivity (Wildman–Crippen MR) is 133 cm³/mol. The summed E-state index contributed by atoms with van der Waals surface area (Å²) in [4.78, 5) is 29.6. The van der Waals surface area contributed by atoms with Crippen LogP contribution in [0.25, 0.3) is 10.2 Å². The third-order valence-electron chi connectivity index (χ3n) is 6.92. The van der Waals surface area contributed by atoms with Crippen molar-refractivity contribution < 1.29 is 17.9 Å². The molecule has 186 valence electrons. The van der Waals surface area contributed by atoms with Crippen LogP contribution in [0.15, 0.2) is 0 Å². The number of carbonyl (C=O) groups is 1. The lowest BCUT2D eigenvalue weighted by Gasteiger charge is -2.27. The first kappa shape index (κ1) is 23.9. The van der Waals surface area contributed by atoms with Crippen molar-refractivity contribution in [1.82, 2.24) is 20.2 Å². The number of rotatable bonds is 7. The molecule has 0 bridgehead atoms. The number of thiophene rings is 1. The molecule has 9 nitrogen and oxygen atoms in total. The zero-order valence-corrected chi connectivity index (χ0v) is 21.3. The maximum Gasteiger partial charge on any atom is 0.239 e. The third kappa shape index (κ3) is 5.22. The Morgan fingerprint density at radius 1 is 1.24 bits per heavy atom. The van der Waals surface area contributed by atoms with Crippen LogP contribution in [-0.4, -0.2) is 86.1 Å². The van der Waals surface area contributed by atoms with Gasteiger partial charge in [-0.05, 0) is 44.6 Å². The van der Waals surface area contributed by atoms with E-state index in [9.17, 15) is 13.2 Å². The number of amides is 1. The highest BCUT2D eigenvalue weighted by Crippen LogP contribution is 2.39. The van der Waals surface area contributed by atoms with Crippen LogP contribution in [-0.2, 0) is 38.8 Å². The van der Waals surface area contributed by atoms with Crippen molar-refractivity contribution >= 4 is 43.1 Å². The number of likely N-dealkylation sites (N-methyl/N-ethyl adjacent to an activating group) is 1. The summed E-state index contributed by atoms with van der Waals surface area (Å²) >= 11 is 1.77. The quantitative estimate of drug-likeness (QED) is 0.602. The van der Waals surface area contributed by atoms with Crippen LogP contribution in [0.1, 0.15) is 42.5 Å². The van der Waals surface area contributed by atoms with Crippen molar-refractivity contribution in [3.63, 3.8) is 0 Å². The molecule has 1 amide bonds. The number of carbonyl (C=O) groups excluding carboxylic acids is 1. The van der Waals surface area contributed by atoms with Crippen LogP contribution in [0.5, 0.6) is 0 Å². The zero-order chi connectivity index (χ0) is 23.7. The van der Waals surface area contributed by atoms with Crippen LogP contribution in [0.3, 0.4) is 0 Å². The first-order valence-electron chi connectivity index (χ1n) is 12.3. The number of morpholine rings is 1. The normalized spacial score (nSPS) is 22.6. The van der Waals surface area contributed by atoms with Gasteiger partial charge in [0, 0.05) is 30.6 Å². The number of ether oxygens (including phenoxy) is 1. The van der Waals surface area contributed by atoms with Crippen LogP contribution in [0.4, 0.5) is 5.82 Å². The van der Waals surface area contributed by atoms with E-state index in [4.69, 9.17) is 14.7 Å². The van der Waals surface area contributed by atoms with Crippen molar-refractivity contribution in [2.24, 2.45) is 0 Å². The van der Waals surface area contributed by atoms with Crippen molar-refractivity contribution in [2.75, 3.05) is 55.8 Å². The third-order valence-corrected chi connectivity index (χ3v) is 9.88. The minimum absolute atomic E-state index is 0.0321. The molecule has 1 unspecified atom stereocenters. The molecule has 2 aromatic heterocycles. The molecule has 2 saturated heterocycles. The molecule has 1 N–H and O–H groups in total. The maximum absolute atomic E-state index is 12.9. The van der Waals surface area contributed by atoms with Crippen molar-refractivity contribution in [3.8, 4) is 0 Å². The van der Waals surface area contributed by atoms with E-state index < -0.39 is 9.84 Å². The highest BCUT2D eigenvalue weighted by atomic mass is 32.2. The Morgan fingerprint density at radius 3 is 2.76 bits per heavy atom. The Morgan fingerprint density at radius 2 is 2.03 bits per heavy atom. The summed E-state index contributed by atoms with van der Waals surface area (Å²) in [6.07, 6.45) is 4.96. The topological polar surface area (TPSA) is 105 Å². The van der Waals surface area contributed by atoms with Crippen molar-refractivity contribution in [2.45, 2.75) is 51.6 Å². The highest BCUT2D eigenvalue weighted by molar-refractivity contribution is 7.91. The molecule has 2 fully saturated rings. The van der Waals surface area contributed by atoms with Crippen molar-refractivity contribution in [3.05, 3.63) is 16.3 Å². The minimum atomic E-state index is -3.04. The second kappa shape index (κ2) is 10.0. The molecule has 2 aromatic rings. The van der Waals surface area contributed by atoms with Gasteiger partial charge in [-0.3, -0.25) is 9.69 Å². The van der Waals surface area contributed by atoms with Gasteiger partial charge in [0.1, 0.15) is 16.5 Å². The molecule has 0 saturated carbocycles. The average molecular weight is 508 g/mol. The van der Waals surface area contributed by atoms with Gasteiger partial charge in [-0.2, -0.15) is 0 Å². The van der Waals surface area contributed by atoms with E-state index in [-0.39, 0.29) is 30.0 Å². The minimum Gasteiger partial charge on any atom is -0.379 e. The number of nitrogens with zero attached hydrogens (tertiary/aromatic N) is 4. The Hall–Kier alpha value is -1.82. The molecule has 5 rings (SSSR count). The first-order valence-corrected chi connectivity index (χ1v) is 14.9. The van der Waals surface area contributed by atoms with Gasteiger partial charge in [-0.1, -0.05) is 0 Å². The predicted octanol–water partition coefficient (Wildman–Crippen LogP) is 1.53. The van der Waals surface area contributed by atoms with Crippen LogP contribution in [0.2, 0.25) is 0 Å². The number of anilines is 1. The summed E-state index contributed by atoms with van der Waals surface area (Å²) in [6, 6.07) is -0.299. The molecule has 34 heavy (non-hydrogen) atoms. The second-order valence-corrected chi connectivity index (χ2v) is 12.7. The Labute approximate surface area is 204 Å². The summed E-state index contributed by atoms with van der Waals surface area (Å²) in [5.74, 6) is 1.64. The lowest BCUT2D eigenvalue weighted by molar-refractivity contribution is -0.120. The van der Waals surface area contributed by atoms with E-state index in [1.54, 1.807) is 11.3 Å². The van der Waals surface area contributed by atoms with E-state index in [2.05, 4.69) is 10.2 Å². The van der Waals surface area contributed by atoms with Gasteiger partial charge in [0.2, 0.25) is 5.91 Å². The van der Waals surface area contributed by atoms with Gasteiger partial charge in [-0.25, -0.2) is 18.4 Å². The zero-order valence-electron chi connectivity index (χ0n) is 19.7. The molecule has 3 aliphatic rings. The number of hydrogen-bond acceptors (Lipinski definition) is 9. The van der Waals surface area contributed by atoms with E-state index in [1.165, 1.54) is 16.9 Å². The number of aromatic nitrogens is 2. The fourth-order valence-electron chi connectivity index (χ4n) is 5.13. The molecule has 1 aliphatic carbocycles. The van der Waals surface area contributed by atoms with Gasteiger partial charge < -0.3 is 15.0 Å². The summed E-state index contributed by atoms with van der Waals surface area (Å²) < 4.78 is 29.1. The molecule has 4 heterocycles. The summed E-state index contributed by atoms with van der Waals surface area (Å²) in [5.41, 5.74) is 1.35. The average Bonchev–Trinajstić information content (AvgIpc) is 3.36. The molecular weight excluding hydrogens is 474 g/mol. The monoisotopic (exact) mass is 507 g/mol. The largest absolute Gasteiger partial charge is 0.379 e. The molecular formula is C23H33N5O4S2. The number of nitrogens with one attached hydrogen (secondary N) is 1. The van der Waals surface area contributed by atoms with E-state index in [1.807, 2.05) is 11.8 Å². The standard InChI is InChI=1S/C23H33N5O4S2/c1-2-28(14-20(29)24-16-7-12-34(30,31)15-16)22-21-17-5-3-4-6-18(17)33-23(21)26-19(25-22)13-27-8-10-32-11-9-27/h16H,2-15H2,1H3,(H,24,29). The van der Waals surface area contributed by atoms with Gasteiger partial charge in [0.25, 0.3) is 0 Å². The summed E-state index contributed by atoms with van der Waals surface area (Å²) in [6.45, 7) is 6.65. The molecule has 0 aromatic carbocycles. The smallest absolute Gasteiger partial charge is 0.239 e. The Bertz CT molecular complexity index is 1160. The number of sulfone groups is 1. The van der Waals surface area contributed by atoms with Crippen LogP contribution in [0, 0.1) is 0 Å². The van der Waals surface area contributed by atoms with E-state index in [0.717, 1.165) is 67.4 Å². The van der Waals surface area contributed by atoms with Crippen LogP contribution >= 0.6 is 11.3 Å². The number of fused-ring (bicyclic) bond motifs is 3. The van der Waals surface area contributed by atoms with Gasteiger partial charge in [-0.15, -0.1) is 11.3 Å². The molecule has 11 heteroatoms. The fourth-order valence-corrected chi connectivity index (χ4v) is 8.08. The lowest BCUT2D eigenvalue weighted by atomic mass is 9.97.